The zero-order chi connectivity index (χ0) is 30.4. The van der Waals surface area contributed by atoms with Crippen molar-refractivity contribution in [2.24, 2.45) is 0 Å². The molecule has 1 atom stereocenters. The minimum absolute atomic E-state index is 0.0339. The summed E-state index contributed by atoms with van der Waals surface area (Å²) >= 11 is 5.86. The average molecular weight is 610 g/mol. The summed E-state index contributed by atoms with van der Waals surface area (Å²) in [4.78, 5) is 31.3. The second-order valence-corrected chi connectivity index (χ2v) is 10.5. The van der Waals surface area contributed by atoms with Crippen molar-refractivity contribution in [3.05, 3.63) is 118 Å². The number of nitrogens with zero attached hydrogens (tertiary/aromatic N) is 2. The number of amides is 2. The molecule has 1 unspecified atom stereocenters. The van der Waals surface area contributed by atoms with E-state index in [1.807, 2.05) is 18.2 Å². The third-order valence-corrected chi connectivity index (χ3v) is 7.29. The molecule has 1 aliphatic heterocycles. The number of benzene rings is 3. The highest BCUT2D eigenvalue weighted by molar-refractivity contribution is 6.30. The molecule has 1 N–H and O–H groups in total. The molecule has 0 saturated carbocycles. The Morgan fingerprint density at radius 1 is 1.02 bits per heavy atom. The number of anilines is 1. The predicted octanol–water partition coefficient (Wildman–Crippen LogP) is 8.20. The summed E-state index contributed by atoms with van der Waals surface area (Å²) in [6.45, 7) is 0.469. The zero-order valence-corrected chi connectivity index (χ0v) is 23.6. The summed E-state index contributed by atoms with van der Waals surface area (Å²) in [6, 6.07) is 22.4. The number of likely N-dealkylation sites (tertiary alicyclic amines) is 1. The minimum Gasteiger partial charge on any atom is -0.444 e. The van der Waals surface area contributed by atoms with E-state index in [1.54, 1.807) is 59.6 Å². The van der Waals surface area contributed by atoms with Gasteiger partial charge in [-0.3, -0.25) is 10.1 Å². The summed E-state index contributed by atoms with van der Waals surface area (Å²) in [7, 11) is 0. The number of piperidine rings is 1. The highest BCUT2D eigenvalue weighted by Crippen LogP contribution is 2.37. The van der Waals surface area contributed by atoms with Crippen molar-refractivity contribution in [1.29, 1.82) is 0 Å². The fourth-order valence-electron chi connectivity index (χ4n) is 4.84. The van der Waals surface area contributed by atoms with E-state index in [9.17, 15) is 22.8 Å². The Bertz CT molecular complexity index is 1570. The van der Waals surface area contributed by atoms with Crippen LogP contribution in [0.2, 0.25) is 5.02 Å². The Morgan fingerprint density at radius 3 is 2.47 bits per heavy atom. The number of rotatable bonds is 8. The van der Waals surface area contributed by atoms with E-state index in [1.165, 1.54) is 6.07 Å². The standard InChI is InChI=1S/C32H27ClF3N3O4/c33-25-8-10-26(11-9-25)38-31(41)42-20-23-6-7-24(32(34,35)36)18-28(23)22-14-16-39(30(40)17-22)19-21-4-12-27(13-5-21)43-29-3-1-2-15-37-29/h1-13,15,18,22H,14,16-17,19-20H2,(H,38,41). The van der Waals surface area contributed by atoms with E-state index in [0.717, 1.165) is 17.7 Å². The number of halogens is 4. The Hall–Kier alpha value is -4.57. The molecular formula is C32H27ClF3N3O4. The quantitative estimate of drug-likeness (QED) is 0.218. The minimum atomic E-state index is -4.56. The highest BCUT2D eigenvalue weighted by Gasteiger charge is 2.34. The Labute approximate surface area is 251 Å². The molecule has 222 valence electrons. The summed E-state index contributed by atoms with van der Waals surface area (Å²) < 4.78 is 51.8. The van der Waals surface area contributed by atoms with E-state index >= 15 is 0 Å². The molecule has 1 aliphatic rings. The van der Waals surface area contributed by atoms with Crippen LogP contribution in [0.5, 0.6) is 11.6 Å². The number of aromatic nitrogens is 1. The number of carbonyl (C=O) groups excluding carboxylic acids is 2. The van der Waals surface area contributed by atoms with Gasteiger partial charge < -0.3 is 14.4 Å². The molecule has 3 aromatic carbocycles. The fraction of sp³-hybridized carbons (Fsp3) is 0.219. The lowest BCUT2D eigenvalue weighted by Gasteiger charge is -2.33. The largest absolute Gasteiger partial charge is 0.444 e. The fourth-order valence-corrected chi connectivity index (χ4v) is 4.96. The first-order valence-electron chi connectivity index (χ1n) is 13.5. The number of hydrogen-bond donors (Lipinski definition) is 1. The third-order valence-electron chi connectivity index (χ3n) is 7.04. The molecule has 1 aromatic heterocycles. The van der Waals surface area contributed by atoms with Crippen LogP contribution in [0.1, 0.15) is 41.0 Å². The van der Waals surface area contributed by atoms with Crippen LogP contribution in [-0.4, -0.2) is 28.4 Å². The predicted molar refractivity (Wildman–Crippen MR) is 155 cm³/mol. The molecular weight excluding hydrogens is 583 g/mol. The maximum atomic E-state index is 13.6. The van der Waals surface area contributed by atoms with Crippen molar-refractivity contribution in [2.75, 3.05) is 11.9 Å². The van der Waals surface area contributed by atoms with Gasteiger partial charge in [0.15, 0.2) is 0 Å². The Kier molecular flexibility index (Phi) is 9.16. The number of ether oxygens (including phenoxy) is 2. The molecule has 0 spiro atoms. The van der Waals surface area contributed by atoms with E-state index in [-0.39, 0.29) is 18.9 Å². The SMILES string of the molecule is O=C(Nc1ccc(Cl)cc1)OCc1ccc(C(F)(F)F)cc1C1CCN(Cc2ccc(Oc3ccccn3)cc2)C(=O)C1. The van der Waals surface area contributed by atoms with Crippen molar-refractivity contribution in [1.82, 2.24) is 9.88 Å². The zero-order valence-electron chi connectivity index (χ0n) is 22.8. The van der Waals surface area contributed by atoms with Crippen LogP contribution in [0.25, 0.3) is 0 Å². The Morgan fingerprint density at radius 2 is 1.79 bits per heavy atom. The van der Waals surface area contributed by atoms with Crippen molar-refractivity contribution >= 4 is 29.3 Å². The highest BCUT2D eigenvalue weighted by atomic mass is 35.5. The van der Waals surface area contributed by atoms with Crippen molar-refractivity contribution in [3.63, 3.8) is 0 Å². The molecule has 0 radical (unpaired) electrons. The second-order valence-electron chi connectivity index (χ2n) is 10.0. The topological polar surface area (TPSA) is 80.8 Å². The molecule has 43 heavy (non-hydrogen) atoms. The van der Waals surface area contributed by atoms with Crippen LogP contribution in [0.3, 0.4) is 0 Å². The van der Waals surface area contributed by atoms with E-state index in [2.05, 4.69) is 10.3 Å². The average Bonchev–Trinajstić information content (AvgIpc) is 2.99. The number of pyridine rings is 1. The summed E-state index contributed by atoms with van der Waals surface area (Å²) in [6.07, 6.45) is -3.20. The van der Waals surface area contributed by atoms with Gasteiger partial charge in [-0.1, -0.05) is 35.9 Å². The molecule has 11 heteroatoms. The molecule has 1 saturated heterocycles. The summed E-state index contributed by atoms with van der Waals surface area (Å²) in [5.74, 6) is 0.440. The molecule has 5 rings (SSSR count). The first-order valence-corrected chi connectivity index (χ1v) is 13.9. The van der Waals surface area contributed by atoms with Crippen molar-refractivity contribution in [2.45, 2.75) is 38.1 Å². The van der Waals surface area contributed by atoms with Gasteiger partial charge in [0, 0.05) is 42.5 Å². The van der Waals surface area contributed by atoms with E-state index in [4.69, 9.17) is 21.1 Å². The van der Waals surface area contributed by atoms with Gasteiger partial charge in [-0.2, -0.15) is 13.2 Å². The van der Waals surface area contributed by atoms with Gasteiger partial charge in [-0.05, 0) is 83.6 Å². The molecule has 4 aromatic rings. The lowest BCUT2D eigenvalue weighted by Crippen LogP contribution is -2.37. The van der Waals surface area contributed by atoms with Gasteiger partial charge in [-0.15, -0.1) is 0 Å². The van der Waals surface area contributed by atoms with Crippen LogP contribution < -0.4 is 10.1 Å². The molecule has 0 bridgehead atoms. The van der Waals surface area contributed by atoms with Gasteiger partial charge in [-0.25, -0.2) is 9.78 Å². The van der Waals surface area contributed by atoms with Crippen LogP contribution >= 0.6 is 11.6 Å². The first kappa shape index (κ1) is 29.9. The van der Waals surface area contributed by atoms with Gasteiger partial charge in [0.2, 0.25) is 11.8 Å². The second kappa shape index (κ2) is 13.2. The van der Waals surface area contributed by atoms with Gasteiger partial charge >= 0.3 is 12.3 Å². The Balaban J connectivity index is 1.23. The van der Waals surface area contributed by atoms with E-state index < -0.39 is 23.8 Å². The van der Waals surface area contributed by atoms with Crippen LogP contribution in [-0.2, 0) is 28.9 Å². The molecule has 1 fully saturated rings. The van der Waals surface area contributed by atoms with Gasteiger partial charge in [0.1, 0.15) is 12.4 Å². The molecule has 7 nitrogen and oxygen atoms in total. The number of hydrogen-bond acceptors (Lipinski definition) is 5. The lowest BCUT2D eigenvalue weighted by atomic mass is 9.85. The third kappa shape index (κ3) is 8.04. The van der Waals surface area contributed by atoms with Crippen LogP contribution in [0.4, 0.5) is 23.7 Å². The number of alkyl halides is 3. The van der Waals surface area contributed by atoms with Crippen molar-refractivity contribution in [3.8, 4) is 11.6 Å². The summed E-state index contributed by atoms with van der Waals surface area (Å²) in [5.41, 5.74) is 1.28. The lowest BCUT2D eigenvalue weighted by molar-refractivity contribution is -0.137. The summed E-state index contributed by atoms with van der Waals surface area (Å²) in [5, 5.41) is 3.05. The van der Waals surface area contributed by atoms with Crippen LogP contribution in [0, 0.1) is 0 Å². The normalized spacial score (nSPS) is 15.2. The van der Waals surface area contributed by atoms with Crippen molar-refractivity contribution < 1.29 is 32.2 Å². The monoisotopic (exact) mass is 609 g/mol. The van der Waals surface area contributed by atoms with Gasteiger partial charge in [0.25, 0.3) is 0 Å². The van der Waals surface area contributed by atoms with Gasteiger partial charge in [0.05, 0.1) is 5.56 Å². The maximum absolute atomic E-state index is 13.6. The van der Waals surface area contributed by atoms with E-state index in [0.29, 0.717) is 53.0 Å². The maximum Gasteiger partial charge on any atom is 0.416 e. The number of carbonyl (C=O) groups is 2. The number of nitrogens with one attached hydrogen (secondary N) is 1. The van der Waals surface area contributed by atoms with Crippen LogP contribution in [0.15, 0.2) is 91.1 Å². The molecule has 2 heterocycles. The molecule has 2 amide bonds. The molecule has 0 aliphatic carbocycles. The first-order chi connectivity index (χ1) is 20.6. The smallest absolute Gasteiger partial charge is 0.416 e.